The molecule has 7 nitrogen and oxygen atoms in total. The molecule has 2 fully saturated rings. The van der Waals surface area contributed by atoms with Crippen LogP contribution in [0.25, 0.3) is 0 Å². The van der Waals surface area contributed by atoms with Gasteiger partial charge in [0.05, 0.1) is 5.69 Å². The van der Waals surface area contributed by atoms with E-state index in [0.29, 0.717) is 0 Å². The highest BCUT2D eigenvalue weighted by molar-refractivity contribution is 5.54. The van der Waals surface area contributed by atoms with Crippen LogP contribution < -0.4 is 9.80 Å². The van der Waals surface area contributed by atoms with Crippen LogP contribution in [0.1, 0.15) is 29.7 Å². The van der Waals surface area contributed by atoms with Gasteiger partial charge < -0.3 is 14.7 Å². The summed E-state index contributed by atoms with van der Waals surface area (Å²) in [6.45, 7) is 9.97. The molecule has 0 spiro atoms. The lowest BCUT2D eigenvalue weighted by molar-refractivity contribution is 0.0980. The average molecular weight is 450 g/mol. The van der Waals surface area contributed by atoms with Crippen molar-refractivity contribution in [2.45, 2.75) is 38.4 Å². The number of nitrogens with zero attached hydrogens (tertiary/aromatic N) is 7. The Hall–Kier alpha value is -2.22. The van der Waals surface area contributed by atoms with Crippen molar-refractivity contribution in [3.05, 3.63) is 47.2 Å². The van der Waals surface area contributed by atoms with Crippen molar-refractivity contribution in [1.82, 2.24) is 24.7 Å². The fourth-order valence-electron chi connectivity index (χ4n) is 5.51. The van der Waals surface area contributed by atoms with Crippen LogP contribution >= 0.6 is 0 Å². The Morgan fingerprint density at radius 2 is 1.64 bits per heavy atom. The smallest absolute Gasteiger partial charge is 0.227 e. The van der Waals surface area contributed by atoms with Crippen molar-refractivity contribution in [2.24, 2.45) is 0 Å². The Morgan fingerprint density at radius 3 is 2.33 bits per heavy atom. The second-order valence-corrected chi connectivity index (χ2v) is 10.2. The fraction of sp³-hybridized carbons (Fsp3) is 0.615. The highest BCUT2D eigenvalue weighted by atomic mass is 15.3. The molecule has 0 unspecified atom stereocenters. The summed E-state index contributed by atoms with van der Waals surface area (Å²) in [5, 5.41) is 0. The minimum atomic E-state index is 0.718. The van der Waals surface area contributed by atoms with Gasteiger partial charge in [-0.15, -0.1) is 0 Å². The maximum Gasteiger partial charge on any atom is 0.227 e. The van der Waals surface area contributed by atoms with Crippen LogP contribution in [0.2, 0.25) is 0 Å². The van der Waals surface area contributed by atoms with Gasteiger partial charge in [-0.05, 0) is 25.5 Å². The van der Waals surface area contributed by atoms with Gasteiger partial charge in [-0.3, -0.25) is 9.80 Å². The van der Waals surface area contributed by atoms with Crippen LogP contribution in [0, 0.1) is 0 Å². The minimum absolute atomic E-state index is 0.718. The number of piperidine rings is 1. The molecule has 1 aromatic heterocycles. The summed E-state index contributed by atoms with van der Waals surface area (Å²) in [5.41, 5.74) is 3.97. The molecule has 4 heterocycles. The normalized spacial score (nSPS) is 21.2. The Bertz CT molecular complexity index is 916. The molecule has 3 aliphatic rings. The molecule has 7 heteroatoms. The van der Waals surface area contributed by atoms with Gasteiger partial charge in [0.25, 0.3) is 0 Å². The summed E-state index contributed by atoms with van der Waals surface area (Å²) >= 11 is 0. The first kappa shape index (κ1) is 22.6. The molecule has 0 aliphatic carbocycles. The van der Waals surface area contributed by atoms with Crippen LogP contribution in [-0.2, 0) is 19.5 Å². The molecule has 0 atom stereocenters. The average Bonchev–Trinajstić information content (AvgIpc) is 2.84. The third-order valence-electron chi connectivity index (χ3n) is 7.57. The lowest BCUT2D eigenvalue weighted by Gasteiger charge is -2.43. The number of piperazine rings is 1. The van der Waals surface area contributed by atoms with E-state index in [9.17, 15) is 0 Å². The van der Waals surface area contributed by atoms with Crippen LogP contribution in [0.3, 0.4) is 0 Å². The molecule has 0 amide bonds. The second kappa shape index (κ2) is 9.95. The molecular formula is C26H39N7. The van der Waals surface area contributed by atoms with Crippen molar-refractivity contribution < 1.29 is 0 Å². The molecule has 0 saturated carbocycles. The molecule has 1 aromatic carbocycles. The predicted molar refractivity (Wildman–Crippen MR) is 135 cm³/mol. The quantitative estimate of drug-likeness (QED) is 0.694. The van der Waals surface area contributed by atoms with Gasteiger partial charge in [0.15, 0.2) is 0 Å². The standard InChI is InChI=1S/C26H39N7/c1-29(2)26-27-24-11-12-31(19-21-7-5-4-6-8-21)20-23(24)25(28-26)33-13-9-22(10-14-33)32-17-15-30(3)16-18-32/h4-8,22H,9-20H2,1-3H3. The first-order valence-electron chi connectivity index (χ1n) is 12.6. The van der Waals surface area contributed by atoms with Gasteiger partial charge in [0, 0.05) is 91.0 Å². The molecule has 33 heavy (non-hydrogen) atoms. The molecule has 5 rings (SSSR count). The summed E-state index contributed by atoms with van der Waals surface area (Å²) in [6, 6.07) is 11.5. The molecule has 2 aromatic rings. The van der Waals surface area contributed by atoms with Gasteiger partial charge in [-0.25, -0.2) is 4.98 Å². The maximum atomic E-state index is 5.09. The number of fused-ring (bicyclic) bond motifs is 1. The van der Waals surface area contributed by atoms with Gasteiger partial charge in [-0.2, -0.15) is 4.98 Å². The lowest BCUT2D eigenvalue weighted by Crippen LogP contribution is -2.52. The zero-order chi connectivity index (χ0) is 22.8. The molecule has 2 saturated heterocycles. The molecular weight excluding hydrogens is 410 g/mol. The van der Waals surface area contributed by atoms with E-state index >= 15 is 0 Å². The van der Waals surface area contributed by atoms with Crippen LogP contribution in [0.4, 0.5) is 11.8 Å². The SMILES string of the molecule is CN1CCN(C2CCN(c3nc(N(C)C)nc4c3CN(Cc3ccccc3)CC4)CC2)CC1. The third-order valence-corrected chi connectivity index (χ3v) is 7.57. The number of hydrogen-bond acceptors (Lipinski definition) is 7. The van der Waals surface area contributed by atoms with E-state index in [1.54, 1.807) is 0 Å². The monoisotopic (exact) mass is 449 g/mol. The Balaban J connectivity index is 1.32. The lowest BCUT2D eigenvalue weighted by atomic mass is 10.00. The van der Waals surface area contributed by atoms with Gasteiger partial charge in [0.2, 0.25) is 5.95 Å². The molecule has 0 bridgehead atoms. The third kappa shape index (κ3) is 5.15. The summed E-state index contributed by atoms with van der Waals surface area (Å²) in [6.07, 6.45) is 3.46. The minimum Gasteiger partial charge on any atom is -0.356 e. The van der Waals surface area contributed by atoms with Crippen molar-refractivity contribution in [3.63, 3.8) is 0 Å². The molecule has 0 radical (unpaired) electrons. The predicted octanol–water partition coefficient (Wildman–Crippen LogP) is 2.32. The van der Waals surface area contributed by atoms with Gasteiger partial charge in [0.1, 0.15) is 5.82 Å². The summed E-state index contributed by atoms with van der Waals surface area (Å²) in [5.74, 6) is 2.03. The van der Waals surface area contributed by atoms with E-state index in [4.69, 9.17) is 9.97 Å². The first-order chi connectivity index (χ1) is 16.1. The maximum absolute atomic E-state index is 5.09. The fourth-order valence-corrected chi connectivity index (χ4v) is 5.51. The number of aromatic nitrogens is 2. The largest absolute Gasteiger partial charge is 0.356 e. The van der Waals surface area contributed by atoms with Crippen LogP contribution in [0.15, 0.2) is 30.3 Å². The van der Waals surface area contributed by atoms with Crippen LogP contribution in [-0.4, -0.2) is 97.7 Å². The highest BCUT2D eigenvalue weighted by Crippen LogP contribution is 2.31. The zero-order valence-electron chi connectivity index (χ0n) is 20.6. The second-order valence-electron chi connectivity index (χ2n) is 10.2. The van der Waals surface area contributed by atoms with Crippen molar-refractivity contribution in [1.29, 1.82) is 0 Å². The molecule has 178 valence electrons. The van der Waals surface area contributed by atoms with E-state index in [-0.39, 0.29) is 0 Å². The topological polar surface area (TPSA) is 42.0 Å². The number of likely N-dealkylation sites (N-methyl/N-ethyl adjacent to an activating group) is 1. The Morgan fingerprint density at radius 1 is 0.909 bits per heavy atom. The summed E-state index contributed by atoms with van der Waals surface area (Å²) < 4.78 is 0. The van der Waals surface area contributed by atoms with Gasteiger partial charge >= 0.3 is 0 Å². The Kier molecular flexibility index (Phi) is 6.81. The van der Waals surface area contributed by atoms with E-state index in [2.05, 4.69) is 76.0 Å². The molecule has 3 aliphatic heterocycles. The number of anilines is 2. The van der Waals surface area contributed by atoms with E-state index in [1.807, 2.05) is 0 Å². The number of benzene rings is 1. The highest BCUT2D eigenvalue weighted by Gasteiger charge is 2.30. The van der Waals surface area contributed by atoms with Crippen molar-refractivity contribution >= 4 is 11.8 Å². The van der Waals surface area contributed by atoms with Crippen LogP contribution in [0.5, 0.6) is 0 Å². The van der Waals surface area contributed by atoms with E-state index in [1.165, 1.54) is 61.7 Å². The first-order valence-corrected chi connectivity index (χ1v) is 12.6. The van der Waals surface area contributed by atoms with Crippen molar-refractivity contribution in [3.8, 4) is 0 Å². The van der Waals surface area contributed by atoms with Crippen molar-refractivity contribution in [2.75, 3.05) is 76.8 Å². The van der Waals surface area contributed by atoms with Gasteiger partial charge in [-0.1, -0.05) is 30.3 Å². The van der Waals surface area contributed by atoms with E-state index in [0.717, 1.165) is 51.1 Å². The Labute approximate surface area is 199 Å². The summed E-state index contributed by atoms with van der Waals surface area (Å²) in [4.78, 5) is 22.4. The zero-order valence-corrected chi connectivity index (χ0v) is 20.6. The number of hydrogen-bond donors (Lipinski definition) is 0. The summed E-state index contributed by atoms with van der Waals surface area (Å²) in [7, 11) is 6.34. The molecule has 0 N–H and O–H groups in total. The van der Waals surface area contributed by atoms with E-state index < -0.39 is 0 Å². The number of rotatable bonds is 5.